The van der Waals surface area contributed by atoms with E-state index in [9.17, 15) is 13.2 Å². The van der Waals surface area contributed by atoms with Crippen molar-refractivity contribution in [2.75, 3.05) is 18.7 Å². The van der Waals surface area contributed by atoms with Crippen molar-refractivity contribution in [1.29, 1.82) is 5.26 Å². The average molecular weight is 268 g/mol. The predicted octanol–water partition coefficient (Wildman–Crippen LogP) is 0.951. The van der Waals surface area contributed by atoms with Gasteiger partial charge in [0.1, 0.15) is 12.2 Å². The lowest BCUT2D eigenvalue weighted by Gasteiger charge is -2.08. The second kappa shape index (κ2) is 5.51. The molecule has 6 nitrogen and oxygen atoms in total. The summed E-state index contributed by atoms with van der Waals surface area (Å²) in [5.41, 5.74) is 0.273. The summed E-state index contributed by atoms with van der Waals surface area (Å²) in [6.45, 7) is 0. The van der Waals surface area contributed by atoms with E-state index in [0.717, 1.165) is 6.26 Å². The van der Waals surface area contributed by atoms with Gasteiger partial charge in [-0.1, -0.05) is 0 Å². The Hall–Kier alpha value is -2.07. The number of carbonyl (C=O) groups excluding carboxylic acids is 1. The van der Waals surface area contributed by atoms with Crippen LogP contribution in [0.5, 0.6) is 5.75 Å². The third-order valence-electron chi connectivity index (χ3n) is 2.07. The van der Waals surface area contributed by atoms with Crippen molar-refractivity contribution in [3.63, 3.8) is 0 Å². The van der Waals surface area contributed by atoms with Crippen LogP contribution in [-0.4, -0.2) is 27.7 Å². The molecule has 0 saturated carbocycles. The van der Waals surface area contributed by atoms with Gasteiger partial charge in [0.2, 0.25) is 5.91 Å². The highest BCUT2D eigenvalue weighted by atomic mass is 32.2. The Morgan fingerprint density at radius 3 is 2.61 bits per heavy atom. The molecule has 0 heterocycles. The summed E-state index contributed by atoms with van der Waals surface area (Å²) in [4.78, 5) is 11.3. The molecule has 1 aromatic carbocycles. The third kappa shape index (κ3) is 3.75. The van der Waals surface area contributed by atoms with Crippen LogP contribution in [0.4, 0.5) is 5.69 Å². The summed E-state index contributed by atoms with van der Waals surface area (Å²) >= 11 is 0. The molecule has 0 aliphatic heterocycles. The number of hydrogen-bond acceptors (Lipinski definition) is 5. The lowest BCUT2D eigenvalue weighted by molar-refractivity contribution is -0.115. The second-order valence-corrected chi connectivity index (χ2v) is 5.57. The summed E-state index contributed by atoms with van der Waals surface area (Å²) in [7, 11) is -2.01. The van der Waals surface area contributed by atoms with Gasteiger partial charge in [0.05, 0.1) is 18.1 Å². The molecule has 1 aromatic rings. The summed E-state index contributed by atoms with van der Waals surface area (Å²) in [6, 6.07) is 5.84. The van der Waals surface area contributed by atoms with Crippen LogP contribution < -0.4 is 10.1 Å². The first-order valence-electron chi connectivity index (χ1n) is 4.92. The molecule has 0 unspecified atom stereocenters. The SMILES string of the molecule is COc1cc(NC(=O)CC#N)cc(S(C)(=O)=O)c1. The zero-order chi connectivity index (χ0) is 13.8. The molecule has 1 amide bonds. The third-order valence-corrected chi connectivity index (χ3v) is 3.16. The molecule has 0 saturated heterocycles. The number of rotatable bonds is 4. The molecule has 0 atom stereocenters. The molecule has 0 aliphatic rings. The molecule has 18 heavy (non-hydrogen) atoms. The lowest BCUT2D eigenvalue weighted by Crippen LogP contribution is -2.11. The summed E-state index contributed by atoms with van der Waals surface area (Å²) in [6.07, 6.45) is 0.758. The number of anilines is 1. The largest absolute Gasteiger partial charge is 0.497 e. The Labute approximate surface area is 105 Å². The van der Waals surface area contributed by atoms with Gasteiger partial charge in [0.25, 0.3) is 0 Å². The van der Waals surface area contributed by atoms with Gasteiger partial charge in [-0.3, -0.25) is 4.79 Å². The average Bonchev–Trinajstić information content (AvgIpc) is 2.27. The van der Waals surface area contributed by atoms with Crippen molar-refractivity contribution in [3.8, 4) is 11.8 Å². The van der Waals surface area contributed by atoms with Crippen LogP contribution in [0.2, 0.25) is 0 Å². The van der Waals surface area contributed by atoms with Crippen LogP contribution in [0.15, 0.2) is 23.1 Å². The molecular formula is C11H12N2O4S. The Balaban J connectivity index is 3.14. The summed E-state index contributed by atoms with van der Waals surface area (Å²) < 4.78 is 27.8. The number of hydrogen-bond donors (Lipinski definition) is 1. The normalized spacial score (nSPS) is 10.5. The first kappa shape index (κ1) is 14.0. The smallest absolute Gasteiger partial charge is 0.238 e. The second-order valence-electron chi connectivity index (χ2n) is 3.55. The van der Waals surface area contributed by atoms with E-state index >= 15 is 0 Å². The molecule has 7 heteroatoms. The quantitative estimate of drug-likeness (QED) is 0.877. The Bertz CT molecular complexity index is 602. The zero-order valence-electron chi connectivity index (χ0n) is 9.93. The number of carbonyl (C=O) groups is 1. The standard InChI is InChI=1S/C11H12N2O4S/c1-17-9-5-8(13-11(14)3-4-12)6-10(7-9)18(2,15)16/h5-7H,3H2,1-2H3,(H,13,14). The van der Waals surface area contributed by atoms with Crippen LogP contribution in [0.1, 0.15) is 6.42 Å². The fourth-order valence-corrected chi connectivity index (χ4v) is 1.92. The van der Waals surface area contributed by atoms with Crippen LogP contribution >= 0.6 is 0 Å². The van der Waals surface area contributed by atoms with E-state index in [1.165, 1.54) is 25.3 Å². The molecule has 0 aromatic heterocycles. The molecule has 0 spiro atoms. The molecule has 0 fully saturated rings. The van der Waals surface area contributed by atoms with E-state index in [0.29, 0.717) is 5.75 Å². The topological polar surface area (TPSA) is 96.3 Å². The van der Waals surface area contributed by atoms with E-state index in [1.807, 2.05) is 0 Å². The number of nitrogens with one attached hydrogen (secondary N) is 1. The van der Waals surface area contributed by atoms with E-state index in [4.69, 9.17) is 10.00 Å². The number of methoxy groups -OCH3 is 1. The number of nitriles is 1. The molecule has 0 bridgehead atoms. The zero-order valence-corrected chi connectivity index (χ0v) is 10.7. The highest BCUT2D eigenvalue weighted by Gasteiger charge is 2.12. The Morgan fingerprint density at radius 2 is 2.11 bits per heavy atom. The minimum Gasteiger partial charge on any atom is -0.497 e. The molecule has 1 N–H and O–H groups in total. The first-order valence-corrected chi connectivity index (χ1v) is 6.82. The van der Waals surface area contributed by atoms with Gasteiger partial charge in [-0.25, -0.2) is 8.42 Å². The van der Waals surface area contributed by atoms with Gasteiger partial charge >= 0.3 is 0 Å². The fourth-order valence-electron chi connectivity index (χ4n) is 1.25. The van der Waals surface area contributed by atoms with Crippen molar-refractivity contribution >= 4 is 21.4 Å². The van der Waals surface area contributed by atoms with Gasteiger partial charge in [0.15, 0.2) is 9.84 Å². The van der Waals surface area contributed by atoms with Gasteiger partial charge < -0.3 is 10.1 Å². The molecule has 0 aliphatic carbocycles. The summed E-state index contributed by atoms with van der Waals surface area (Å²) in [5, 5.41) is 10.8. The highest BCUT2D eigenvalue weighted by Crippen LogP contribution is 2.24. The van der Waals surface area contributed by atoms with Gasteiger partial charge in [-0.2, -0.15) is 5.26 Å². The van der Waals surface area contributed by atoms with Crippen LogP contribution in [0.3, 0.4) is 0 Å². The van der Waals surface area contributed by atoms with E-state index in [2.05, 4.69) is 5.32 Å². The Kier molecular flexibility index (Phi) is 4.28. The number of benzene rings is 1. The minimum absolute atomic E-state index is 0.0362. The molecule has 1 rings (SSSR count). The van der Waals surface area contributed by atoms with Crippen LogP contribution in [-0.2, 0) is 14.6 Å². The predicted molar refractivity (Wildman–Crippen MR) is 65.0 cm³/mol. The number of ether oxygens (including phenoxy) is 1. The van der Waals surface area contributed by atoms with Crippen molar-refractivity contribution in [2.45, 2.75) is 11.3 Å². The minimum atomic E-state index is -3.40. The maximum Gasteiger partial charge on any atom is 0.238 e. The molecule has 96 valence electrons. The first-order chi connectivity index (χ1) is 8.36. The summed E-state index contributed by atoms with van der Waals surface area (Å²) in [5.74, 6) is -0.199. The van der Waals surface area contributed by atoms with Gasteiger partial charge in [-0.15, -0.1) is 0 Å². The lowest BCUT2D eigenvalue weighted by atomic mass is 10.3. The molecule has 0 radical (unpaired) electrons. The fraction of sp³-hybridized carbons (Fsp3) is 0.273. The van der Waals surface area contributed by atoms with Crippen molar-refractivity contribution in [1.82, 2.24) is 0 Å². The van der Waals surface area contributed by atoms with Gasteiger partial charge in [0, 0.05) is 18.0 Å². The Morgan fingerprint density at radius 1 is 1.44 bits per heavy atom. The number of nitrogens with zero attached hydrogens (tertiary/aromatic N) is 1. The van der Waals surface area contributed by atoms with Gasteiger partial charge in [-0.05, 0) is 12.1 Å². The highest BCUT2D eigenvalue weighted by molar-refractivity contribution is 7.90. The monoisotopic (exact) mass is 268 g/mol. The maximum atomic E-state index is 11.4. The molecular weight excluding hydrogens is 256 g/mol. The maximum absolute atomic E-state index is 11.4. The van der Waals surface area contributed by atoms with Crippen molar-refractivity contribution in [3.05, 3.63) is 18.2 Å². The van der Waals surface area contributed by atoms with Crippen LogP contribution in [0, 0.1) is 11.3 Å². The van der Waals surface area contributed by atoms with Crippen LogP contribution in [0.25, 0.3) is 0 Å². The number of sulfone groups is 1. The number of amides is 1. The van der Waals surface area contributed by atoms with Crippen molar-refractivity contribution < 1.29 is 17.9 Å². The van der Waals surface area contributed by atoms with E-state index < -0.39 is 15.7 Å². The van der Waals surface area contributed by atoms with E-state index in [1.54, 1.807) is 6.07 Å². The van der Waals surface area contributed by atoms with Crippen molar-refractivity contribution in [2.24, 2.45) is 0 Å². The van der Waals surface area contributed by atoms with E-state index in [-0.39, 0.29) is 17.0 Å².